The Morgan fingerprint density at radius 1 is 1.00 bits per heavy atom. The molecule has 2 fully saturated rings. The molecular formula is C25H38FN7O3S. The molecule has 1 atom stereocenters. The van der Waals surface area contributed by atoms with E-state index in [1.165, 1.54) is 57.8 Å². The average Bonchev–Trinajstić information content (AvgIpc) is 3.34. The van der Waals surface area contributed by atoms with Crippen molar-refractivity contribution in [1.82, 2.24) is 19.9 Å². The minimum absolute atomic E-state index is 0.201. The molecule has 0 amide bonds. The highest BCUT2D eigenvalue weighted by molar-refractivity contribution is 7.90. The molecule has 1 unspecified atom stereocenters. The fraction of sp³-hybridized carbons (Fsp3) is 0.640. The van der Waals surface area contributed by atoms with Crippen LogP contribution >= 0.6 is 0 Å². The summed E-state index contributed by atoms with van der Waals surface area (Å²) in [6.07, 6.45) is 9.39. The van der Waals surface area contributed by atoms with Crippen molar-refractivity contribution in [3.63, 3.8) is 0 Å². The Labute approximate surface area is 218 Å². The highest BCUT2D eigenvalue weighted by Gasteiger charge is 2.24. The lowest BCUT2D eigenvalue weighted by molar-refractivity contribution is 0.277. The van der Waals surface area contributed by atoms with Gasteiger partial charge in [0.2, 0.25) is 17.8 Å². The number of ether oxygens (including phenoxy) is 1. The molecule has 37 heavy (non-hydrogen) atoms. The van der Waals surface area contributed by atoms with Crippen LogP contribution in [0.15, 0.2) is 17.0 Å². The van der Waals surface area contributed by atoms with Crippen LogP contribution in [-0.4, -0.2) is 73.9 Å². The number of rotatable bonds is 11. The van der Waals surface area contributed by atoms with Crippen molar-refractivity contribution in [2.45, 2.75) is 62.8 Å². The largest absolute Gasteiger partial charge is 0.492 e. The van der Waals surface area contributed by atoms with Crippen LogP contribution in [0.5, 0.6) is 5.75 Å². The van der Waals surface area contributed by atoms with Crippen molar-refractivity contribution in [2.75, 3.05) is 55.5 Å². The molecule has 1 aliphatic heterocycles. The van der Waals surface area contributed by atoms with Gasteiger partial charge < -0.3 is 20.7 Å². The average molecular weight is 536 g/mol. The summed E-state index contributed by atoms with van der Waals surface area (Å²) >= 11 is 0. The van der Waals surface area contributed by atoms with Crippen molar-refractivity contribution in [3.8, 4) is 5.75 Å². The predicted molar refractivity (Wildman–Crippen MR) is 143 cm³/mol. The van der Waals surface area contributed by atoms with Gasteiger partial charge in [0.25, 0.3) is 0 Å². The number of hydrogen-bond acceptors (Lipinski definition) is 10. The van der Waals surface area contributed by atoms with Gasteiger partial charge in [-0.05, 0) is 56.8 Å². The standard InChI is InChI=1S/C25H38FN7O3S/c1-4-33-14-8-11-18(33)16-28-24-30-23(27-15-17-9-6-5-7-10-17)31-25(32-24)29-19-12-13-20(37(3,34)35)21(26)22(19)36-2/h12-13,17-18H,4-11,14-16H2,1-3H3,(H3,27,28,29,30,31,32). The zero-order chi connectivity index (χ0) is 26.4. The molecule has 2 heterocycles. The second kappa shape index (κ2) is 12.2. The number of halogens is 1. The highest BCUT2D eigenvalue weighted by Crippen LogP contribution is 2.34. The van der Waals surface area contributed by atoms with Gasteiger partial charge in [-0.25, -0.2) is 12.8 Å². The van der Waals surface area contributed by atoms with E-state index in [0.717, 1.165) is 32.3 Å². The monoisotopic (exact) mass is 535 g/mol. The molecule has 0 spiro atoms. The summed E-state index contributed by atoms with van der Waals surface area (Å²) in [5, 5.41) is 9.71. The highest BCUT2D eigenvalue weighted by atomic mass is 32.2. The third-order valence-electron chi connectivity index (χ3n) is 7.22. The summed E-state index contributed by atoms with van der Waals surface area (Å²) in [6.45, 7) is 5.74. The van der Waals surface area contributed by atoms with Crippen LogP contribution in [0.25, 0.3) is 0 Å². The third-order valence-corrected chi connectivity index (χ3v) is 8.34. The lowest BCUT2D eigenvalue weighted by atomic mass is 9.89. The van der Waals surface area contributed by atoms with Crippen LogP contribution in [0, 0.1) is 11.7 Å². The maximum absolute atomic E-state index is 15.0. The first-order valence-electron chi connectivity index (χ1n) is 13.1. The summed E-state index contributed by atoms with van der Waals surface area (Å²) in [4.78, 5) is 15.6. The van der Waals surface area contributed by atoms with Crippen molar-refractivity contribution >= 4 is 33.4 Å². The van der Waals surface area contributed by atoms with Gasteiger partial charge in [-0.2, -0.15) is 15.0 Å². The van der Waals surface area contributed by atoms with Gasteiger partial charge in [0.15, 0.2) is 21.4 Å². The molecule has 0 bridgehead atoms. The summed E-state index contributed by atoms with van der Waals surface area (Å²) in [5.41, 5.74) is 0.218. The fourth-order valence-corrected chi connectivity index (χ4v) is 5.94. The normalized spacial score (nSPS) is 19.1. The minimum Gasteiger partial charge on any atom is -0.492 e. The number of aromatic nitrogens is 3. The lowest BCUT2D eigenvalue weighted by Gasteiger charge is -2.23. The van der Waals surface area contributed by atoms with Crippen LogP contribution in [0.2, 0.25) is 0 Å². The number of likely N-dealkylation sites (N-methyl/N-ethyl adjacent to an activating group) is 1. The molecule has 1 saturated heterocycles. The van der Waals surface area contributed by atoms with E-state index in [9.17, 15) is 12.8 Å². The third kappa shape index (κ3) is 6.98. The number of nitrogens with one attached hydrogen (secondary N) is 3. The Kier molecular flexibility index (Phi) is 9.01. The molecule has 1 aromatic heterocycles. The van der Waals surface area contributed by atoms with Gasteiger partial charge in [0, 0.05) is 25.4 Å². The van der Waals surface area contributed by atoms with Crippen LogP contribution in [0.4, 0.5) is 27.9 Å². The van der Waals surface area contributed by atoms with Gasteiger partial charge in [-0.3, -0.25) is 4.90 Å². The number of likely N-dealkylation sites (tertiary alicyclic amines) is 1. The number of anilines is 4. The molecule has 1 aliphatic carbocycles. The summed E-state index contributed by atoms with van der Waals surface area (Å²) < 4.78 is 44.0. The number of methoxy groups -OCH3 is 1. The van der Waals surface area contributed by atoms with Crippen LogP contribution < -0.4 is 20.7 Å². The van der Waals surface area contributed by atoms with Crippen molar-refractivity contribution in [1.29, 1.82) is 0 Å². The Hall–Kier alpha value is -2.73. The molecule has 1 aromatic carbocycles. The molecule has 2 aromatic rings. The summed E-state index contributed by atoms with van der Waals surface area (Å²) in [5.74, 6) is 0.438. The van der Waals surface area contributed by atoms with E-state index in [4.69, 9.17) is 4.74 Å². The maximum Gasteiger partial charge on any atom is 0.233 e. The molecule has 10 nitrogen and oxygen atoms in total. The number of benzene rings is 1. The first kappa shape index (κ1) is 27.3. The molecule has 0 radical (unpaired) electrons. The van der Waals surface area contributed by atoms with Crippen molar-refractivity contribution in [2.24, 2.45) is 5.92 Å². The van der Waals surface area contributed by atoms with E-state index in [2.05, 4.69) is 42.7 Å². The Morgan fingerprint density at radius 3 is 2.32 bits per heavy atom. The first-order chi connectivity index (χ1) is 17.8. The first-order valence-corrected chi connectivity index (χ1v) is 15.0. The SMILES string of the molecule is CCN1CCCC1CNc1nc(NCC2CCCCC2)nc(Nc2ccc(S(C)(=O)=O)c(F)c2OC)n1. The van der Waals surface area contributed by atoms with Gasteiger partial charge in [-0.15, -0.1) is 0 Å². The molecule has 3 N–H and O–H groups in total. The summed E-state index contributed by atoms with van der Waals surface area (Å²) in [7, 11) is -2.47. The fourth-order valence-electron chi connectivity index (χ4n) is 5.21. The van der Waals surface area contributed by atoms with Gasteiger partial charge >= 0.3 is 0 Å². The van der Waals surface area contributed by atoms with Crippen molar-refractivity contribution < 1.29 is 17.5 Å². The van der Waals surface area contributed by atoms with Gasteiger partial charge in [-0.1, -0.05) is 26.2 Å². The quantitative estimate of drug-likeness (QED) is 0.388. The zero-order valence-corrected chi connectivity index (χ0v) is 22.7. The molecule has 4 rings (SSSR count). The van der Waals surface area contributed by atoms with E-state index in [1.807, 2.05) is 0 Å². The van der Waals surface area contributed by atoms with Crippen LogP contribution in [0.3, 0.4) is 0 Å². The van der Waals surface area contributed by atoms with Crippen LogP contribution in [-0.2, 0) is 9.84 Å². The Balaban J connectivity index is 1.57. The number of nitrogens with zero attached hydrogens (tertiary/aromatic N) is 4. The van der Waals surface area contributed by atoms with Crippen LogP contribution in [0.1, 0.15) is 51.9 Å². The second-order valence-corrected chi connectivity index (χ2v) is 11.8. The number of sulfone groups is 1. The predicted octanol–water partition coefficient (Wildman–Crippen LogP) is 4.05. The smallest absolute Gasteiger partial charge is 0.233 e. The van der Waals surface area contributed by atoms with Crippen molar-refractivity contribution in [3.05, 3.63) is 17.9 Å². The molecular weight excluding hydrogens is 497 g/mol. The molecule has 2 aliphatic rings. The molecule has 1 saturated carbocycles. The van der Waals surface area contributed by atoms with E-state index in [0.29, 0.717) is 30.4 Å². The van der Waals surface area contributed by atoms with E-state index >= 15 is 0 Å². The molecule has 204 valence electrons. The molecule has 12 heteroatoms. The topological polar surface area (TPSA) is 121 Å². The second-order valence-electron chi connectivity index (χ2n) is 9.85. The van der Waals surface area contributed by atoms with E-state index in [-0.39, 0.29) is 17.4 Å². The zero-order valence-electron chi connectivity index (χ0n) is 21.9. The summed E-state index contributed by atoms with van der Waals surface area (Å²) in [6, 6.07) is 3.06. The van der Waals surface area contributed by atoms with E-state index in [1.54, 1.807) is 0 Å². The maximum atomic E-state index is 15.0. The van der Waals surface area contributed by atoms with Gasteiger partial charge in [0.1, 0.15) is 4.90 Å². The number of hydrogen-bond donors (Lipinski definition) is 3. The van der Waals surface area contributed by atoms with Gasteiger partial charge in [0.05, 0.1) is 12.8 Å². The minimum atomic E-state index is -3.76. The lowest BCUT2D eigenvalue weighted by Crippen LogP contribution is -2.35. The van der Waals surface area contributed by atoms with E-state index < -0.39 is 20.5 Å². The Bertz CT molecular complexity index is 1180. The Morgan fingerprint density at radius 2 is 1.68 bits per heavy atom.